The number of carbonyl (C=O) groups excluding carboxylic acids is 2. The van der Waals surface area contributed by atoms with Crippen molar-refractivity contribution < 1.29 is 19.1 Å². The largest absolute Gasteiger partial charge is 0.495 e. The van der Waals surface area contributed by atoms with E-state index in [1.165, 1.54) is 20.3 Å². The van der Waals surface area contributed by atoms with Crippen LogP contribution < -0.4 is 20.1 Å². The smallest absolute Gasteiger partial charge is 0.314 e. The van der Waals surface area contributed by atoms with Crippen LogP contribution in [0.2, 0.25) is 10.0 Å². The number of carbonyl (C=O) groups is 2. The summed E-state index contributed by atoms with van der Waals surface area (Å²) in [5.41, 5.74) is 1.35. The van der Waals surface area contributed by atoms with Crippen LogP contribution in [0.1, 0.15) is 5.56 Å². The lowest BCUT2D eigenvalue weighted by Gasteiger charge is -2.13. The molecule has 0 aliphatic rings. The Labute approximate surface area is 155 Å². The van der Waals surface area contributed by atoms with Gasteiger partial charge in [0, 0.05) is 16.1 Å². The highest BCUT2D eigenvalue weighted by molar-refractivity contribution is 6.44. The second-order valence-corrected chi connectivity index (χ2v) is 5.90. The number of ether oxygens (including phenoxy) is 2. The minimum atomic E-state index is -0.879. The Balaban J connectivity index is 2.18. The minimum absolute atomic E-state index is 0.286. The van der Waals surface area contributed by atoms with E-state index in [0.29, 0.717) is 27.2 Å². The summed E-state index contributed by atoms with van der Waals surface area (Å²) in [5.74, 6) is -1.03. The highest BCUT2D eigenvalue weighted by Crippen LogP contribution is 2.31. The van der Waals surface area contributed by atoms with Crippen molar-refractivity contribution in [2.75, 3.05) is 24.9 Å². The molecule has 0 aliphatic carbocycles. The molecular formula is C17H16Cl2N2O4. The number of rotatable bonds is 4. The first kappa shape index (κ1) is 18.9. The molecule has 0 aromatic heterocycles. The van der Waals surface area contributed by atoms with Crippen LogP contribution in [0.15, 0.2) is 30.3 Å². The number of anilines is 2. The maximum absolute atomic E-state index is 12.2. The molecule has 132 valence electrons. The van der Waals surface area contributed by atoms with E-state index in [0.717, 1.165) is 5.56 Å². The fourth-order valence-electron chi connectivity index (χ4n) is 2.07. The highest BCUT2D eigenvalue weighted by Gasteiger charge is 2.18. The van der Waals surface area contributed by atoms with Crippen molar-refractivity contribution in [2.24, 2.45) is 0 Å². The molecule has 2 amide bonds. The van der Waals surface area contributed by atoms with E-state index in [2.05, 4.69) is 10.6 Å². The minimum Gasteiger partial charge on any atom is -0.495 e. The Morgan fingerprint density at radius 3 is 2.00 bits per heavy atom. The van der Waals surface area contributed by atoms with Crippen molar-refractivity contribution >= 4 is 46.4 Å². The Morgan fingerprint density at radius 2 is 1.44 bits per heavy atom. The summed E-state index contributed by atoms with van der Waals surface area (Å²) in [6.07, 6.45) is 0. The summed E-state index contributed by atoms with van der Waals surface area (Å²) >= 11 is 11.9. The summed E-state index contributed by atoms with van der Waals surface area (Å²) < 4.78 is 10.3. The quantitative estimate of drug-likeness (QED) is 0.786. The molecule has 2 N–H and O–H groups in total. The van der Waals surface area contributed by atoms with Gasteiger partial charge in [-0.05, 0) is 36.8 Å². The molecule has 0 unspecified atom stereocenters. The fraction of sp³-hybridized carbons (Fsp3) is 0.176. The van der Waals surface area contributed by atoms with Gasteiger partial charge in [0.1, 0.15) is 11.5 Å². The lowest BCUT2D eigenvalue weighted by atomic mass is 10.2. The molecule has 0 bridgehead atoms. The third-order valence-electron chi connectivity index (χ3n) is 3.34. The van der Waals surface area contributed by atoms with E-state index in [4.69, 9.17) is 32.7 Å². The third kappa shape index (κ3) is 4.55. The van der Waals surface area contributed by atoms with Gasteiger partial charge in [0.2, 0.25) is 0 Å². The van der Waals surface area contributed by atoms with E-state index in [9.17, 15) is 9.59 Å². The van der Waals surface area contributed by atoms with Crippen molar-refractivity contribution in [1.29, 1.82) is 0 Å². The van der Waals surface area contributed by atoms with Crippen LogP contribution >= 0.6 is 23.2 Å². The van der Waals surface area contributed by atoms with Crippen LogP contribution in [0.25, 0.3) is 0 Å². The Hall–Kier alpha value is -2.44. The zero-order chi connectivity index (χ0) is 18.6. The first-order valence-electron chi connectivity index (χ1n) is 7.15. The molecule has 8 heteroatoms. The third-order valence-corrected chi connectivity index (χ3v) is 3.99. The van der Waals surface area contributed by atoms with Gasteiger partial charge >= 0.3 is 11.8 Å². The van der Waals surface area contributed by atoms with Gasteiger partial charge in [-0.3, -0.25) is 9.59 Å². The van der Waals surface area contributed by atoms with Gasteiger partial charge in [0.15, 0.2) is 0 Å². The van der Waals surface area contributed by atoms with E-state index in [-0.39, 0.29) is 5.69 Å². The van der Waals surface area contributed by atoms with Gasteiger partial charge in [-0.1, -0.05) is 23.2 Å². The van der Waals surface area contributed by atoms with Crippen molar-refractivity contribution in [3.05, 3.63) is 45.9 Å². The van der Waals surface area contributed by atoms with Crippen LogP contribution in [0, 0.1) is 6.92 Å². The van der Waals surface area contributed by atoms with Gasteiger partial charge in [0.05, 0.1) is 25.6 Å². The number of nitrogens with one attached hydrogen (secondary N) is 2. The van der Waals surface area contributed by atoms with Crippen molar-refractivity contribution in [1.82, 2.24) is 0 Å². The first-order valence-corrected chi connectivity index (χ1v) is 7.91. The molecule has 25 heavy (non-hydrogen) atoms. The zero-order valence-corrected chi connectivity index (χ0v) is 15.3. The molecule has 0 saturated carbocycles. The summed E-state index contributed by atoms with van der Waals surface area (Å²) in [6.45, 7) is 1.77. The average molecular weight is 383 g/mol. The first-order chi connectivity index (χ1) is 11.8. The van der Waals surface area contributed by atoms with Crippen LogP contribution in [-0.2, 0) is 9.59 Å². The number of hydrogen-bond acceptors (Lipinski definition) is 4. The predicted octanol–water partition coefficient (Wildman–Crippen LogP) is 3.90. The molecule has 0 atom stereocenters. The molecule has 6 nitrogen and oxygen atoms in total. The Bertz CT molecular complexity index is 825. The van der Waals surface area contributed by atoms with Gasteiger partial charge in [-0.2, -0.15) is 0 Å². The zero-order valence-electron chi connectivity index (χ0n) is 13.8. The second-order valence-electron chi connectivity index (χ2n) is 5.05. The number of amides is 2. The summed E-state index contributed by atoms with van der Waals surface area (Å²) in [7, 11) is 2.88. The topological polar surface area (TPSA) is 76.7 Å². The molecule has 0 fully saturated rings. The molecule has 0 spiro atoms. The van der Waals surface area contributed by atoms with Crippen LogP contribution in [0.3, 0.4) is 0 Å². The number of methoxy groups -OCH3 is 2. The van der Waals surface area contributed by atoms with E-state index in [1.807, 2.05) is 0 Å². The van der Waals surface area contributed by atoms with E-state index < -0.39 is 11.8 Å². The monoisotopic (exact) mass is 382 g/mol. The van der Waals surface area contributed by atoms with Crippen molar-refractivity contribution in [3.63, 3.8) is 0 Å². The summed E-state index contributed by atoms with van der Waals surface area (Å²) in [5, 5.41) is 5.84. The Morgan fingerprint density at radius 1 is 0.880 bits per heavy atom. The summed E-state index contributed by atoms with van der Waals surface area (Å²) in [4.78, 5) is 24.3. The molecule has 0 radical (unpaired) electrons. The van der Waals surface area contributed by atoms with Gasteiger partial charge in [0.25, 0.3) is 0 Å². The predicted molar refractivity (Wildman–Crippen MR) is 98.0 cm³/mol. The molecule has 0 aliphatic heterocycles. The van der Waals surface area contributed by atoms with E-state index in [1.54, 1.807) is 31.2 Å². The normalized spacial score (nSPS) is 10.1. The summed E-state index contributed by atoms with van der Waals surface area (Å²) in [6, 6.07) is 7.86. The molecule has 2 aromatic rings. The van der Waals surface area contributed by atoms with Crippen molar-refractivity contribution in [2.45, 2.75) is 6.92 Å². The van der Waals surface area contributed by atoms with Crippen molar-refractivity contribution in [3.8, 4) is 11.5 Å². The second kappa shape index (κ2) is 8.09. The molecule has 0 saturated heterocycles. The standard InChI is InChI=1S/C17H16Cl2N2O4/c1-9-6-12(15(25-3)8-11(9)19)20-16(22)17(23)21-13-7-10(18)4-5-14(13)24-2/h4-8H,1-3H3,(H,20,22)(H,21,23). The van der Waals surface area contributed by atoms with Gasteiger partial charge in [-0.15, -0.1) is 0 Å². The SMILES string of the molecule is COc1ccc(Cl)cc1NC(=O)C(=O)Nc1cc(C)c(Cl)cc1OC. The molecule has 0 heterocycles. The molecule has 2 aromatic carbocycles. The fourth-order valence-corrected chi connectivity index (χ4v) is 2.39. The Kier molecular flexibility index (Phi) is 6.12. The highest BCUT2D eigenvalue weighted by atomic mass is 35.5. The molecular weight excluding hydrogens is 367 g/mol. The maximum Gasteiger partial charge on any atom is 0.314 e. The lowest BCUT2D eigenvalue weighted by molar-refractivity contribution is -0.133. The molecule has 2 rings (SSSR count). The van der Waals surface area contributed by atoms with E-state index >= 15 is 0 Å². The average Bonchev–Trinajstić information content (AvgIpc) is 2.58. The number of aryl methyl sites for hydroxylation is 1. The number of halogens is 2. The lowest BCUT2D eigenvalue weighted by Crippen LogP contribution is -2.29. The van der Waals surface area contributed by atoms with Crippen LogP contribution in [0.5, 0.6) is 11.5 Å². The number of benzene rings is 2. The van der Waals surface area contributed by atoms with Gasteiger partial charge in [-0.25, -0.2) is 0 Å². The van der Waals surface area contributed by atoms with Crippen LogP contribution in [-0.4, -0.2) is 26.0 Å². The number of hydrogen-bond donors (Lipinski definition) is 2. The maximum atomic E-state index is 12.2. The van der Waals surface area contributed by atoms with Crippen LogP contribution in [0.4, 0.5) is 11.4 Å². The van der Waals surface area contributed by atoms with Gasteiger partial charge < -0.3 is 20.1 Å².